The highest BCUT2D eigenvalue weighted by Crippen LogP contribution is 2.16. The number of primary amides is 1. The summed E-state index contributed by atoms with van der Waals surface area (Å²) in [4.78, 5) is 73.6. The first kappa shape index (κ1) is 36.0. The van der Waals surface area contributed by atoms with Gasteiger partial charge in [0.25, 0.3) is 0 Å². The van der Waals surface area contributed by atoms with E-state index in [0.29, 0.717) is 17.9 Å². The molecular formula is C32H41N5O8. The molecule has 2 rings (SSSR count). The predicted octanol–water partition coefficient (Wildman–Crippen LogP) is 1.10. The van der Waals surface area contributed by atoms with Gasteiger partial charge in [-0.05, 0) is 51.0 Å². The first-order chi connectivity index (χ1) is 21.2. The smallest absolute Gasteiger partial charge is 0.303 e. The Hall–Kier alpha value is -5.20. The molecule has 0 aromatic heterocycles. The lowest BCUT2D eigenvalue weighted by Crippen LogP contribution is -2.56. The second-order valence-corrected chi connectivity index (χ2v) is 10.7. The lowest BCUT2D eigenvalue weighted by atomic mass is 10.0. The van der Waals surface area contributed by atoms with Crippen molar-refractivity contribution in [3.8, 4) is 5.75 Å². The maximum absolute atomic E-state index is 13.2. The molecule has 7 N–H and O–H groups in total. The van der Waals surface area contributed by atoms with Crippen molar-refractivity contribution in [3.05, 3.63) is 77.4 Å². The zero-order chi connectivity index (χ0) is 33.5. The van der Waals surface area contributed by atoms with Crippen molar-refractivity contribution >= 4 is 35.5 Å². The second kappa shape index (κ2) is 17.8. The van der Waals surface area contributed by atoms with Crippen molar-refractivity contribution in [2.24, 2.45) is 5.73 Å². The molecule has 2 aromatic rings. The van der Waals surface area contributed by atoms with Gasteiger partial charge in [-0.3, -0.25) is 28.8 Å². The summed E-state index contributed by atoms with van der Waals surface area (Å²) in [7, 11) is 0. The molecule has 0 aliphatic heterocycles. The largest absolute Gasteiger partial charge is 0.489 e. The lowest BCUT2D eigenvalue weighted by molar-refractivity contribution is -0.139. The number of aliphatic carboxylic acids is 1. The van der Waals surface area contributed by atoms with E-state index in [2.05, 4.69) is 21.3 Å². The monoisotopic (exact) mass is 623 g/mol. The van der Waals surface area contributed by atoms with Gasteiger partial charge in [0.1, 0.15) is 36.5 Å². The fourth-order valence-corrected chi connectivity index (χ4v) is 3.98. The molecule has 0 fully saturated rings. The quantitative estimate of drug-likeness (QED) is 0.140. The number of rotatable bonds is 17. The van der Waals surface area contributed by atoms with E-state index in [1.54, 1.807) is 38.1 Å². The molecule has 13 nitrogen and oxygen atoms in total. The Bertz CT molecular complexity index is 1370. The Morgan fingerprint density at radius 3 is 1.91 bits per heavy atom. The van der Waals surface area contributed by atoms with E-state index in [0.717, 1.165) is 11.1 Å². The number of hydrogen-bond donors (Lipinski definition) is 6. The van der Waals surface area contributed by atoms with Gasteiger partial charge in [-0.25, -0.2) is 0 Å². The van der Waals surface area contributed by atoms with Crippen molar-refractivity contribution in [2.75, 3.05) is 0 Å². The summed E-state index contributed by atoms with van der Waals surface area (Å²) in [6.45, 7) is 6.63. The van der Waals surface area contributed by atoms with Crippen LogP contribution in [0.4, 0.5) is 0 Å². The number of nitrogens with two attached hydrogens (primary N) is 1. The van der Waals surface area contributed by atoms with Crippen LogP contribution >= 0.6 is 0 Å². The molecule has 0 saturated carbocycles. The SMILES string of the molecule is CC(C)=CC(NC(=O)[C@H](C)NC(=O)[C@H](C)NC(=O)[C@H](Cc1ccc(OCc2ccccc2)cc1)NC(=O)CCC(=O)O)C(N)=O. The fourth-order valence-electron chi connectivity index (χ4n) is 3.98. The number of hydrogen-bond acceptors (Lipinski definition) is 7. The van der Waals surface area contributed by atoms with E-state index in [4.69, 9.17) is 15.6 Å². The Labute approximate surface area is 262 Å². The van der Waals surface area contributed by atoms with Crippen molar-refractivity contribution in [2.45, 2.75) is 77.7 Å². The number of ether oxygens (including phenoxy) is 1. The normalized spacial score (nSPS) is 13.2. The van der Waals surface area contributed by atoms with Crippen LogP contribution in [0.25, 0.3) is 0 Å². The van der Waals surface area contributed by atoms with Gasteiger partial charge in [-0.1, -0.05) is 54.1 Å². The van der Waals surface area contributed by atoms with Crippen molar-refractivity contribution in [1.29, 1.82) is 0 Å². The van der Waals surface area contributed by atoms with E-state index in [9.17, 15) is 28.8 Å². The third kappa shape index (κ3) is 13.3. The summed E-state index contributed by atoms with van der Waals surface area (Å²) >= 11 is 0. The van der Waals surface area contributed by atoms with Crippen molar-refractivity contribution in [1.82, 2.24) is 21.3 Å². The molecule has 0 bridgehead atoms. The minimum Gasteiger partial charge on any atom is -0.489 e. The highest BCUT2D eigenvalue weighted by Gasteiger charge is 2.27. The van der Waals surface area contributed by atoms with Crippen LogP contribution in [0.5, 0.6) is 5.75 Å². The van der Waals surface area contributed by atoms with E-state index < -0.39 is 66.1 Å². The van der Waals surface area contributed by atoms with Crippen LogP contribution in [0.2, 0.25) is 0 Å². The topological polar surface area (TPSA) is 206 Å². The second-order valence-electron chi connectivity index (χ2n) is 10.7. The zero-order valence-corrected chi connectivity index (χ0v) is 25.8. The molecular weight excluding hydrogens is 582 g/mol. The summed E-state index contributed by atoms with van der Waals surface area (Å²) in [5.41, 5.74) is 7.75. The third-order valence-corrected chi connectivity index (χ3v) is 6.44. The molecule has 4 atom stereocenters. The number of nitrogens with one attached hydrogen (secondary N) is 4. The zero-order valence-electron chi connectivity index (χ0n) is 25.8. The Balaban J connectivity index is 2.05. The maximum atomic E-state index is 13.2. The van der Waals surface area contributed by atoms with Crippen LogP contribution in [0.1, 0.15) is 51.7 Å². The summed E-state index contributed by atoms with van der Waals surface area (Å²) in [6, 6.07) is 12.1. The van der Waals surface area contributed by atoms with Crippen molar-refractivity contribution < 1.29 is 38.6 Å². The third-order valence-electron chi connectivity index (χ3n) is 6.44. The average Bonchev–Trinajstić information content (AvgIpc) is 2.99. The molecule has 2 aromatic carbocycles. The van der Waals surface area contributed by atoms with Gasteiger partial charge in [-0.15, -0.1) is 0 Å². The highest BCUT2D eigenvalue weighted by atomic mass is 16.5. The first-order valence-corrected chi connectivity index (χ1v) is 14.4. The Kier molecular flexibility index (Phi) is 14.2. The number of carbonyl (C=O) groups is 6. The van der Waals surface area contributed by atoms with Gasteiger partial charge in [-0.2, -0.15) is 0 Å². The van der Waals surface area contributed by atoms with Gasteiger partial charge in [0.15, 0.2) is 0 Å². The molecule has 0 saturated heterocycles. The van der Waals surface area contributed by atoms with Gasteiger partial charge in [0, 0.05) is 12.8 Å². The predicted molar refractivity (Wildman–Crippen MR) is 165 cm³/mol. The van der Waals surface area contributed by atoms with Crippen LogP contribution in [0.15, 0.2) is 66.2 Å². The Morgan fingerprint density at radius 2 is 1.36 bits per heavy atom. The van der Waals surface area contributed by atoms with Gasteiger partial charge in [0.2, 0.25) is 29.5 Å². The molecule has 242 valence electrons. The maximum Gasteiger partial charge on any atom is 0.303 e. The number of amides is 5. The van der Waals surface area contributed by atoms with Gasteiger partial charge < -0.3 is 36.8 Å². The molecule has 0 aliphatic carbocycles. The Morgan fingerprint density at radius 1 is 0.778 bits per heavy atom. The highest BCUT2D eigenvalue weighted by molar-refractivity contribution is 5.95. The first-order valence-electron chi connectivity index (χ1n) is 14.4. The summed E-state index contributed by atoms with van der Waals surface area (Å²) in [5, 5.41) is 18.9. The van der Waals surface area contributed by atoms with Crippen molar-refractivity contribution in [3.63, 3.8) is 0 Å². The number of benzene rings is 2. The number of allylic oxidation sites excluding steroid dienone is 1. The van der Waals surface area contributed by atoms with Crippen LogP contribution < -0.4 is 31.7 Å². The number of carboxylic acids is 1. The lowest BCUT2D eigenvalue weighted by Gasteiger charge is -2.23. The average molecular weight is 624 g/mol. The van der Waals surface area contributed by atoms with Crippen LogP contribution in [0.3, 0.4) is 0 Å². The van der Waals surface area contributed by atoms with E-state index in [1.165, 1.54) is 19.9 Å². The van der Waals surface area contributed by atoms with E-state index in [-0.39, 0.29) is 12.8 Å². The van der Waals surface area contributed by atoms with Gasteiger partial charge in [0.05, 0.1) is 6.42 Å². The molecule has 45 heavy (non-hydrogen) atoms. The molecule has 5 amide bonds. The number of carbonyl (C=O) groups excluding carboxylic acids is 5. The molecule has 0 spiro atoms. The molecule has 13 heteroatoms. The summed E-state index contributed by atoms with van der Waals surface area (Å²) in [5.74, 6) is -4.04. The minimum atomic E-state index is -1.16. The minimum absolute atomic E-state index is 0.0373. The van der Waals surface area contributed by atoms with Crippen LogP contribution in [-0.2, 0) is 41.8 Å². The van der Waals surface area contributed by atoms with Gasteiger partial charge >= 0.3 is 5.97 Å². The van der Waals surface area contributed by atoms with Crippen LogP contribution in [-0.4, -0.2) is 64.8 Å². The van der Waals surface area contributed by atoms with E-state index in [1.807, 2.05) is 30.3 Å². The fraction of sp³-hybridized carbons (Fsp3) is 0.375. The summed E-state index contributed by atoms with van der Waals surface area (Å²) in [6.07, 6.45) is 0.757. The van der Waals surface area contributed by atoms with E-state index >= 15 is 0 Å². The molecule has 0 aliphatic rings. The van der Waals surface area contributed by atoms with Crippen LogP contribution in [0, 0.1) is 0 Å². The summed E-state index contributed by atoms with van der Waals surface area (Å²) < 4.78 is 5.79. The molecule has 0 heterocycles. The molecule has 0 radical (unpaired) electrons. The number of carboxylic acid groups (broad SMARTS) is 1. The molecule has 1 unspecified atom stereocenters. The standard InChI is InChI=1S/C32H41N5O8/c1-19(2)16-25(29(33)41)37-31(43)21(4)34-30(42)20(3)35-32(44)26(36-27(38)14-15-28(39)40)17-22-10-12-24(13-11-22)45-18-23-8-6-5-7-9-23/h5-13,16,20-21,25-26H,14-15,17-18H2,1-4H3,(H2,33,41)(H,34,42)(H,35,44)(H,36,38)(H,37,43)(H,39,40)/t20-,21-,25?,26-/m0/s1.